The lowest BCUT2D eigenvalue weighted by molar-refractivity contribution is 0.483. The molecule has 0 heterocycles. The average Bonchev–Trinajstić information content (AvgIpc) is 2.03. The molecular weight excluding hydrogens is 194 g/mol. The van der Waals surface area contributed by atoms with Crippen LogP contribution in [-0.2, 0) is 10.1 Å². The van der Waals surface area contributed by atoms with Gasteiger partial charge in [0.25, 0.3) is 10.1 Å². The Kier molecular flexibility index (Phi) is 3.82. The maximum atomic E-state index is 10.5. The number of hydrogen-bond donors (Lipinski definition) is 4. The first-order valence-electron chi connectivity index (χ1n) is 3.08. The third-order valence-electron chi connectivity index (χ3n) is 1.32. The van der Waals surface area contributed by atoms with Gasteiger partial charge < -0.3 is 11.6 Å². The zero-order chi connectivity index (χ0) is 9.19. The highest BCUT2D eigenvalue weighted by atomic mass is 32.2. The van der Waals surface area contributed by atoms with Crippen LogP contribution >= 0.6 is 0 Å². The molecular formula is C6H11N3O3S. The SMILES string of the molecule is N.NNc1ccc(S(=O)(=O)O)cc1. The quantitative estimate of drug-likeness (QED) is 0.314. The fourth-order valence-electron chi connectivity index (χ4n) is 0.723. The molecule has 74 valence electrons. The van der Waals surface area contributed by atoms with E-state index < -0.39 is 10.1 Å². The summed E-state index contributed by atoms with van der Waals surface area (Å²) in [5, 5.41) is 0. The molecule has 7 N–H and O–H groups in total. The van der Waals surface area contributed by atoms with Gasteiger partial charge in [0.05, 0.1) is 4.90 Å². The predicted octanol–water partition coefficient (Wildman–Crippen LogP) is 0.381. The van der Waals surface area contributed by atoms with E-state index in [2.05, 4.69) is 5.43 Å². The Morgan fingerprint density at radius 1 is 1.23 bits per heavy atom. The molecule has 0 saturated carbocycles. The monoisotopic (exact) mass is 205 g/mol. The highest BCUT2D eigenvalue weighted by molar-refractivity contribution is 7.85. The first-order chi connectivity index (χ1) is 5.54. The smallest absolute Gasteiger partial charge is 0.294 e. The van der Waals surface area contributed by atoms with E-state index in [4.69, 9.17) is 10.4 Å². The Labute approximate surface area is 76.1 Å². The van der Waals surface area contributed by atoms with Crippen LogP contribution in [0.4, 0.5) is 5.69 Å². The lowest BCUT2D eigenvalue weighted by Gasteiger charge is -1.99. The van der Waals surface area contributed by atoms with Crippen molar-refractivity contribution in [1.82, 2.24) is 6.15 Å². The molecule has 0 atom stereocenters. The number of nitrogens with one attached hydrogen (secondary N) is 1. The third kappa shape index (κ3) is 2.99. The molecule has 0 unspecified atom stereocenters. The summed E-state index contributed by atoms with van der Waals surface area (Å²) >= 11 is 0. The van der Waals surface area contributed by atoms with Gasteiger partial charge in [0, 0.05) is 5.69 Å². The van der Waals surface area contributed by atoms with Crippen LogP contribution < -0.4 is 17.4 Å². The zero-order valence-electron chi connectivity index (χ0n) is 6.77. The van der Waals surface area contributed by atoms with Crippen LogP contribution in [0.25, 0.3) is 0 Å². The molecule has 0 aromatic heterocycles. The van der Waals surface area contributed by atoms with Crippen molar-refractivity contribution in [3.63, 3.8) is 0 Å². The molecule has 13 heavy (non-hydrogen) atoms. The van der Waals surface area contributed by atoms with Crippen LogP contribution in [-0.4, -0.2) is 13.0 Å². The van der Waals surface area contributed by atoms with E-state index in [0.29, 0.717) is 5.69 Å². The summed E-state index contributed by atoms with van der Waals surface area (Å²) in [4.78, 5) is -0.151. The molecule has 0 aliphatic rings. The van der Waals surface area contributed by atoms with Gasteiger partial charge in [-0.15, -0.1) is 0 Å². The fraction of sp³-hybridized carbons (Fsp3) is 0. The molecule has 1 aromatic rings. The second kappa shape index (κ2) is 4.19. The highest BCUT2D eigenvalue weighted by Crippen LogP contribution is 2.12. The maximum Gasteiger partial charge on any atom is 0.294 e. The number of benzene rings is 1. The van der Waals surface area contributed by atoms with Crippen LogP contribution in [0.5, 0.6) is 0 Å². The van der Waals surface area contributed by atoms with Gasteiger partial charge in [-0.05, 0) is 24.3 Å². The molecule has 6 nitrogen and oxygen atoms in total. The number of hydrogen-bond acceptors (Lipinski definition) is 5. The topological polar surface area (TPSA) is 127 Å². The third-order valence-corrected chi connectivity index (χ3v) is 2.19. The van der Waals surface area contributed by atoms with Crippen molar-refractivity contribution in [3.05, 3.63) is 24.3 Å². The second-order valence-electron chi connectivity index (χ2n) is 2.14. The van der Waals surface area contributed by atoms with Crippen molar-refractivity contribution in [2.75, 3.05) is 5.43 Å². The molecule has 0 fully saturated rings. The summed E-state index contributed by atoms with van der Waals surface area (Å²) in [6.45, 7) is 0. The van der Waals surface area contributed by atoms with Crippen LogP contribution in [0.3, 0.4) is 0 Å². The van der Waals surface area contributed by atoms with Crippen molar-refractivity contribution >= 4 is 15.8 Å². The van der Waals surface area contributed by atoms with Gasteiger partial charge >= 0.3 is 0 Å². The Morgan fingerprint density at radius 3 is 2.00 bits per heavy atom. The van der Waals surface area contributed by atoms with Gasteiger partial charge in [-0.1, -0.05) is 0 Å². The molecule has 0 bridgehead atoms. The molecule has 0 spiro atoms. The van der Waals surface area contributed by atoms with Crippen LogP contribution in [0, 0.1) is 0 Å². The predicted molar refractivity (Wildman–Crippen MR) is 49.1 cm³/mol. The Bertz CT molecular complexity index is 359. The van der Waals surface area contributed by atoms with Crippen molar-refractivity contribution in [1.29, 1.82) is 0 Å². The van der Waals surface area contributed by atoms with Crippen molar-refractivity contribution < 1.29 is 13.0 Å². The van der Waals surface area contributed by atoms with E-state index in [-0.39, 0.29) is 11.0 Å². The van der Waals surface area contributed by atoms with E-state index in [0.717, 1.165) is 0 Å². The van der Waals surface area contributed by atoms with Gasteiger partial charge in [-0.2, -0.15) is 8.42 Å². The summed E-state index contributed by atoms with van der Waals surface area (Å²) in [6.07, 6.45) is 0. The highest BCUT2D eigenvalue weighted by Gasteiger charge is 2.07. The standard InChI is InChI=1S/C6H8N2O3S.H3N/c7-8-5-1-3-6(4-2-5)12(9,10)11;/h1-4,8H,7H2,(H,9,10,11);1H3. The lowest BCUT2D eigenvalue weighted by atomic mass is 10.3. The van der Waals surface area contributed by atoms with Gasteiger partial charge in [-0.25, -0.2) is 0 Å². The summed E-state index contributed by atoms with van der Waals surface area (Å²) in [7, 11) is -4.10. The summed E-state index contributed by atoms with van der Waals surface area (Å²) in [5.41, 5.74) is 2.90. The molecule has 0 aliphatic heterocycles. The maximum absolute atomic E-state index is 10.5. The average molecular weight is 205 g/mol. The molecule has 0 saturated heterocycles. The molecule has 0 radical (unpaired) electrons. The Morgan fingerprint density at radius 2 is 1.69 bits per heavy atom. The largest absolute Gasteiger partial charge is 0.344 e. The van der Waals surface area contributed by atoms with Gasteiger partial charge in [0.1, 0.15) is 0 Å². The van der Waals surface area contributed by atoms with E-state index in [9.17, 15) is 8.42 Å². The first-order valence-corrected chi connectivity index (χ1v) is 4.52. The first kappa shape index (κ1) is 11.8. The summed E-state index contributed by atoms with van der Waals surface area (Å²) in [6, 6.07) is 5.40. The van der Waals surface area contributed by atoms with E-state index in [1.54, 1.807) is 0 Å². The van der Waals surface area contributed by atoms with Crippen molar-refractivity contribution in [2.24, 2.45) is 5.84 Å². The van der Waals surface area contributed by atoms with Gasteiger partial charge in [0.2, 0.25) is 0 Å². The summed E-state index contributed by atoms with van der Waals surface area (Å²) < 4.78 is 29.6. The minimum atomic E-state index is -4.10. The van der Waals surface area contributed by atoms with Crippen LogP contribution in [0.15, 0.2) is 29.2 Å². The molecule has 0 amide bonds. The van der Waals surface area contributed by atoms with Gasteiger partial charge in [-0.3, -0.25) is 10.4 Å². The van der Waals surface area contributed by atoms with Gasteiger partial charge in [0.15, 0.2) is 0 Å². The van der Waals surface area contributed by atoms with E-state index >= 15 is 0 Å². The second-order valence-corrected chi connectivity index (χ2v) is 3.57. The minimum Gasteiger partial charge on any atom is -0.344 e. The van der Waals surface area contributed by atoms with Crippen LogP contribution in [0.2, 0.25) is 0 Å². The molecule has 7 heteroatoms. The molecule has 1 aromatic carbocycles. The number of anilines is 1. The minimum absolute atomic E-state index is 0. The van der Waals surface area contributed by atoms with Crippen molar-refractivity contribution in [2.45, 2.75) is 4.90 Å². The Balaban J connectivity index is 0.00000144. The number of rotatable bonds is 2. The summed E-state index contributed by atoms with van der Waals surface area (Å²) in [5.74, 6) is 5.05. The lowest BCUT2D eigenvalue weighted by Crippen LogP contribution is -2.06. The zero-order valence-corrected chi connectivity index (χ0v) is 7.58. The number of hydrazine groups is 1. The normalized spacial score (nSPS) is 10.3. The number of nitrogens with two attached hydrogens (primary N) is 1. The molecule has 0 aliphatic carbocycles. The fourth-order valence-corrected chi connectivity index (χ4v) is 1.20. The molecule has 1 rings (SSSR count). The van der Waals surface area contributed by atoms with Crippen LogP contribution in [0.1, 0.15) is 0 Å². The van der Waals surface area contributed by atoms with Crippen molar-refractivity contribution in [3.8, 4) is 0 Å². The Hall–Kier alpha value is -1.15. The van der Waals surface area contributed by atoms with E-state index in [1.807, 2.05) is 0 Å². The number of nitrogen functional groups attached to an aromatic ring is 1. The van der Waals surface area contributed by atoms with E-state index in [1.165, 1.54) is 24.3 Å².